The van der Waals surface area contributed by atoms with E-state index in [0.717, 1.165) is 24.8 Å². The molecule has 0 saturated heterocycles. The number of carbonyl (C=O) groups is 1. The van der Waals surface area contributed by atoms with E-state index in [1.165, 1.54) is 16.7 Å². The normalized spacial score (nSPS) is 17.6. The predicted molar refractivity (Wildman–Crippen MR) is 82.0 cm³/mol. The highest BCUT2D eigenvalue weighted by Gasteiger charge is 2.25. The first-order valence-corrected chi connectivity index (χ1v) is 7.40. The highest BCUT2D eigenvalue weighted by molar-refractivity contribution is 5.88. The minimum atomic E-state index is 0.0977. The van der Waals surface area contributed by atoms with E-state index in [4.69, 9.17) is 0 Å². The van der Waals surface area contributed by atoms with Crippen molar-refractivity contribution in [3.05, 3.63) is 70.8 Å². The molecule has 1 aliphatic carbocycles. The second kappa shape index (κ2) is 5.62. The lowest BCUT2D eigenvalue weighted by Crippen LogP contribution is -2.20. The molecule has 1 nitrogen and oxygen atoms in total. The van der Waals surface area contributed by atoms with Crippen LogP contribution < -0.4 is 0 Å². The van der Waals surface area contributed by atoms with E-state index in [-0.39, 0.29) is 5.92 Å². The summed E-state index contributed by atoms with van der Waals surface area (Å²) in [5.41, 5.74) is 4.98. The van der Waals surface area contributed by atoms with E-state index in [1.54, 1.807) is 0 Å². The van der Waals surface area contributed by atoms with Gasteiger partial charge in [0.2, 0.25) is 0 Å². The molecule has 0 N–H and O–H groups in total. The molecule has 0 fully saturated rings. The van der Waals surface area contributed by atoms with Crippen LogP contribution in [0.2, 0.25) is 0 Å². The summed E-state index contributed by atoms with van der Waals surface area (Å²) >= 11 is 0. The summed E-state index contributed by atoms with van der Waals surface area (Å²) in [6.45, 7) is 2.07. The number of aryl methyl sites for hydroxylation is 2. The molecule has 0 saturated carbocycles. The Labute approximate surface area is 120 Å². The monoisotopic (exact) mass is 264 g/mol. The van der Waals surface area contributed by atoms with Gasteiger partial charge in [-0.2, -0.15) is 0 Å². The van der Waals surface area contributed by atoms with Gasteiger partial charge in [-0.05, 0) is 42.9 Å². The number of hydrogen-bond acceptors (Lipinski definition) is 1. The van der Waals surface area contributed by atoms with Crippen molar-refractivity contribution < 1.29 is 4.79 Å². The number of rotatable bonds is 3. The third-order valence-corrected chi connectivity index (χ3v) is 4.22. The van der Waals surface area contributed by atoms with Crippen LogP contribution in [0, 0.1) is 6.92 Å². The molecule has 0 heterocycles. The zero-order valence-electron chi connectivity index (χ0n) is 11.9. The molecule has 0 radical (unpaired) electrons. The zero-order chi connectivity index (χ0) is 13.9. The van der Waals surface area contributed by atoms with Crippen molar-refractivity contribution in [2.24, 2.45) is 0 Å². The number of benzene rings is 2. The molecule has 20 heavy (non-hydrogen) atoms. The van der Waals surface area contributed by atoms with E-state index in [9.17, 15) is 4.79 Å². The van der Waals surface area contributed by atoms with Crippen molar-refractivity contribution >= 4 is 5.78 Å². The molecule has 3 rings (SSSR count). The number of Topliss-reactive ketones (excluding diaryl/α,β-unsaturated/α-hetero) is 1. The summed E-state index contributed by atoms with van der Waals surface area (Å²) < 4.78 is 0. The van der Waals surface area contributed by atoms with E-state index in [1.807, 2.05) is 6.07 Å². The van der Waals surface area contributed by atoms with Gasteiger partial charge in [0.15, 0.2) is 0 Å². The molecule has 1 unspecified atom stereocenters. The Morgan fingerprint density at radius 3 is 2.85 bits per heavy atom. The summed E-state index contributed by atoms with van der Waals surface area (Å²) in [4.78, 5) is 12.6. The fourth-order valence-corrected chi connectivity index (χ4v) is 3.23. The predicted octanol–water partition coefficient (Wildman–Crippen LogP) is 4.23. The summed E-state index contributed by atoms with van der Waals surface area (Å²) in [6.07, 6.45) is 3.80. The molecule has 0 amide bonds. The number of fused-ring (bicyclic) bond motifs is 1. The quantitative estimate of drug-likeness (QED) is 0.811. The van der Waals surface area contributed by atoms with E-state index >= 15 is 0 Å². The molecule has 0 aromatic heterocycles. The third kappa shape index (κ3) is 2.67. The van der Waals surface area contributed by atoms with Crippen LogP contribution in [0.25, 0.3) is 0 Å². The maximum absolute atomic E-state index is 12.6. The van der Waals surface area contributed by atoms with Gasteiger partial charge in [-0.3, -0.25) is 4.79 Å². The third-order valence-electron chi connectivity index (χ3n) is 4.22. The summed E-state index contributed by atoms with van der Waals surface area (Å²) in [6, 6.07) is 16.7. The lowest BCUT2D eigenvalue weighted by molar-refractivity contribution is -0.120. The molecule has 2 aromatic rings. The minimum absolute atomic E-state index is 0.0977. The summed E-state index contributed by atoms with van der Waals surface area (Å²) in [5, 5.41) is 0. The van der Waals surface area contributed by atoms with Crippen molar-refractivity contribution in [2.75, 3.05) is 0 Å². The van der Waals surface area contributed by atoms with Crippen LogP contribution in [0.1, 0.15) is 41.0 Å². The fraction of sp³-hybridized carbons (Fsp3) is 0.316. The first-order chi connectivity index (χ1) is 9.74. The standard InChI is InChI=1S/C19H20O/c1-14-6-4-7-15(12-14)13-19(20)18-11-5-9-16-8-2-3-10-17(16)18/h2-4,6-8,10,12,18H,5,9,11,13H2,1H3. The van der Waals surface area contributed by atoms with Crippen LogP contribution in [-0.2, 0) is 17.6 Å². The maximum atomic E-state index is 12.6. The Morgan fingerprint density at radius 1 is 1.15 bits per heavy atom. The minimum Gasteiger partial charge on any atom is -0.299 e. The number of carbonyl (C=O) groups excluding carboxylic acids is 1. The van der Waals surface area contributed by atoms with Gasteiger partial charge in [0.05, 0.1) is 0 Å². The largest absolute Gasteiger partial charge is 0.299 e. The van der Waals surface area contributed by atoms with Crippen molar-refractivity contribution in [3.8, 4) is 0 Å². The first-order valence-electron chi connectivity index (χ1n) is 7.40. The average Bonchev–Trinajstić information content (AvgIpc) is 2.46. The Morgan fingerprint density at radius 2 is 2.00 bits per heavy atom. The smallest absolute Gasteiger partial charge is 0.144 e. The fourth-order valence-electron chi connectivity index (χ4n) is 3.23. The van der Waals surface area contributed by atoms with E-state index < -0.39 is 0 Å². The number of hydrogen-bond donors (Lipinski definition) is 0. The van der Waals surface area contributed by atoms with Gasteiger partial charge in [-0.1, -0.05) is 54.1 Å². The number of ketones is 1. The van der Waals surface area contributed by atoms with Gasteiger partial charge >= 0.3 is 0 Å². The van der Waals surface area contributed by atoms with Crippen molar-refractivity contribution in [2.45, 2.75) is 38.5 Å². The Kier molecular flexibility index (Phi) is 3.68. The van der Waals surface area contributed by atoms with Gasteiger partial charge < -0.3 is 0 Å². The van der Waals surface area contributed by atoms with Crippen LogP contribution in [0.15, 0.2) is 48.5 Å². The molecule has 1 aliphatic rings. The van der Waals surface area contributed by atoms with Crippen LogP contribution in [0.3, 0.4) is 0 Å². The van der Waals surface area contributed by atoms with Crippen molar-refractivity contribution in [1.29, 1.82) is 0 Å². The second-order valence-corrected chi connectivity index (χ2v) is 5.78. The molecule has 0 aliphatic heterocycles. The SMILES string of the molecule is Cc1cccc(CC(=O)C2CCCc3ccccc32)c1. The van der Waals surface area contributed by atoms with Gasteiger partial charge in [0.1, 0.15) is 5.78 Å². The molecule has 1 heteroatoms. The molecular formula is C19H20O. The molecule has 0 bridgehead atoms. The van der Waals surface area contributed by atoms with Crippen LogP contribution in [0.5, 0.6) is 0 Å². The van der Waals surface area contributed by atoms with Gasteiger partial charge in [0.25, 0.3) is 0 Å². The topological polar surface area (TPSA) is 17.1 Å². The maximum Gasteiger partial charge on any atom is 0.144 e. The molecule has 2 aromatic carbocycles. The molecule has 102 valence electrons. The Balaban J connectivity index is 1.82. The van der Waals surface area contributed by atoms with Crippen LogP contribution in [-0.4, -0.2) is 5.78 Å². The second-order valence-electron chi connectivity index (χ2n) is 5.78. The summed E-state index contributed by atoms with van der Waals surface area (Å²) in [7, 11) is 0. The van der Waals surface area contributed by atoms with Crippen molar-refractivity contribution in [3.63, 3.8) is 0 Å². The van der Waals surface area contributed by atoms with Gasteiger partial charge in [0, 0.05) is 12.3 Å². The van der Waals surface area contributed by atoms with Crippen molar-refractivity contribution in [1.82, 2.24) is 0 Å². The Hall–Kier alpha value is -1.89. The molecular weight excluding hydrogens is 244 g/mol. The molecule has 0 spiro atoms. The van der Waals surface area contributed by atoms with Crippen LogP contribution in [0.4, 0.5) is 0 Å². The highest BCUT2D eigenvalue weighted by atomic mass is 16.1. The van der Waals surface area contributed by atoms with Gasteiger partial charge in [-0.15, -0.1) is 0 Å². The lowest BCUT2D eigenvalue weighted by atomic mass is 9.79. The summed E-state index contributed by atoms with van der Waals surface area (Å²) in [5.74, 6) is 0.461. The molecule has 1 atom stereocenters. The Bertz CT molecular complexity index is 627. The van der Waals surface area contributed by atoms with Gasteiger partial charge in [-0.25, -0.2) is 0 Å². The van der Waals surface area contributed by atoms with Crippen LogP contribution >= 0.6 is 0 Å². The lowest BCUT2D eigenvalue weighted by Gasteiger charge is -2.24. The van der Waals surface area contributed by atoms with E-state index in [0.29, 0.717) is 12.2 Å². The first kappa shape index (κ1) is 13.1. The van der Waals surface area contributed by atoms with E-state index in [2.05, 4.69) is 49.4 Å². The average molecular weight is 264 g/mol. The highest BCUT2D eigenvalue weighted by Crippen LogP contribution is 2.32. The zero-order valence-corrected chi connectivity index (χ0v) is 11.9.